The first kappa shape index (κ1) is 20.4. The maximum atomic E-state index is 12.2. The zero-order chi connectivity index (χ0) is 20.5. The molecule has 0 atom stereocenters. The number of hydrogen-bond donors (Lipinski definition) is 2. The van der Waals surface area contributed by atoms with Crippen molar-refractivity contribution < 1.29 is 14.3 Å². The van der Waals surface area contributed by atoms with Crippen LogP contribution < -0.4 is 20.1 Å². The minimum Gasteiger partial charge on any atom is -0.497 e. The van der Waals surface area contributed by atoms with Gasteiger partial charge in [0.05, 0.1) is 13.5 Å². The van der Waals surface area contributed by atoms with Crippen LogP contribution in [0.5, 0.6) is 11.5 Å². The van der Waals surface area contributed by atoms with Gasteiger partial charge >= 0.3 is 0 Å². The molecule has 3 rings (SSSR count). The van der Waals surface area contributed by atoms with Crippen molar-refractivity contribution >= 4 is 28.9 Å². The zero-order valence-corrected chi connectivity index (χ0v) is 16.9. The lowest BCUT2D eigenvalue weighted by atomic mass is 10.1. The van der Waals surface area contributed by atoms with Crippen molar-refractivity contribution in [1.82, 2.24) is 5.32 Å². The zero-order valence-electron chi connectivity index (χ0n) is 16.1. The molecule has 3 aromatic rings. The number of rotatable bonds is 7. The summed E-state index contributed by atoms with van der Waals surface area (Å²) >= 11 is 5.22. The molecule has 0 fully saturated rings. The number of nitrogens with one attached hydrogen (secondary N) is 2. The van der Waals surface area contributed by atoms with Gasteiger partial charge in [0.1, 0.15) is 18.1 Å². The number of carbonyl (C=O) groups is 1. The summed E-state index contributed by atoms with van der Waals surface area (Å²) in [5.74, 6) is 1.33. The maximum Gasteiger partial charge on any atom is 0.230 e. The number of amides is 1. The summed E-state index contributed by atoms with van der Waals surface area (Å²) in [6, 6.07) is 24.7. The van der Waals surface area contributed by atoms with Gasteiger partial charge in [0.25, 0.3) is 0 Å². The van der Waals surface area contributed by atoms with E-state index in [1.165, 1.54) is 0 Å². The van der Waals surface area contributed by atoms with Crippen molar-refractivity contribution in [1.29, 1.82) is 0 Å². The van der Waals surface area contributed by atoms with Crippen molar-refractivity contribution in [2.75, 3.05) is 12.4 Å². The number of hydrogen-bond acceptors (Lipinski definition) is 4. The molecule has 0 aromatic heterocycles. The highest BCUT2D eigenvalue weighted by molar-refractivity contribution is 7.80. The Morgan fingerprint density at radius 2 is 1.52 bits per heavy atom. The highest BCUT2D eigenvalue weighted by Gasteiger charge is 2.07. The number of benzene rings is 3. The Morgan fingerprint density at radius 3 is 2.17 bits per heavy atom. The van der Waals surface area contributed by atoms with E-state index in [-0.39, 0.29) is 17.4 Å². The largest absolute Gasteiger partial charge is 0.497 e. The van der Waals surface area contributed by atoms with Gasteiger partial charge in [0, 0.05) is 5.69 Å². The molecular weight excluding hydrogens is 384 g/mol. The summed E-state index contributed by atoms with van der Waals surface area (Å²) in [5, 5.41) is 5.94. The normalized spacial score (nSPS) is 10.1. The van der Waals surface area contributed by atoms with Crippen LogP contribution in [0.3, 0.4) is 0 Å². The lowest BCUT2D eigenvalue weighted by Crippen LogP contribution is -2.35. The molecule has 1 amide bonds. The maximum absolute atomic E-state index is 12.2. The van der Waals surface area contributed by atoms with Crippen molar-refractivity contribution in [2.45, 2.75) is 13.0 Å². The highest BCUT2D eigenvalue weighted by Crippen LogP contribution is 2.17. The first-order valence-electron chi connectivity index (χ1n) is 9.13. The number of methoxy groups -OCH3 is 1. The van der Waals surface area contributed by atoms with Crippen LogP contribution in [0.15, 0.2) is 78.9 Å². The Bertz CT molecular complexity index is 942. The van der Waals surface area contributed by atoms with Crippen molar-refractivity contribution in [3.05, 3.63) is 90.0 Å². The topological polar surface area (TPSA) is 59.6 Å². The third-order valence-electron chi connectivity index (χ3n) is 4.14. The fraction of sp³-hybridized carbons (Fsp3) is 0.130. The quantitative estimate of drug-likeness (QED) is 0.572. The van der Waals surface area contributed by atoms with Crippen molar-refractivity contribution in [3.63, 3.8) is 0 Å². The van der Waals surface area contributed by atoms with Crippen molar-refractivity contribution in [2.24, 2.45) is 0 Å². The number of thiocarbonyl (C=S) groups is 1. The Kier molecular flexibility index (Phi) is 7.19. The molecule has 0 aliphatic rings. The molecular formula is C23H22N2O3S. The Balaban J connectivity index is 1.45. The molecule has 2 N–H and O–H groups in total. The van der Waals surface area contributed by atoms with Crippen LogP contribution in [0.4, 0.5) is 5.69 Å². The minimum absolute atomic E-state index is 0.185. The summed E-state index contributed by atoms with van der Waals surface area (Å²) in [6.07, 6.45) is 0.234. The van der Waals surface area contributed by atoms with E-state index in [0.717, 1.165) is 28.3 Å². The molecule has 0 spiro atoms. The van der Waals surface area contributed by atoms with E-state index in [4.69, 9.17) is 21.7 Å². The van der Waals surface area contributed by atoms with E-state index < -0.39 is 0 Å². The Labute approximate surface area is 175 Å². The van der Waals surface area contributed by atoms with Gasteiger partial charge in [0.2, 0.25) is 5.91 Å². The van der Waals surface area contributed by atoms with Crippen LogP contribution in [-0.2, 0) is 17.8 Å². The molecule has 0 aliphatic carbocycles. The lowest BCUT2D eigenvalue weighted by molar-refractivity contribution is -0.119. The summed E-state index contributed by atoms with van der Waals surface area (Å²) in [6.45, 7) is 0.507. The van der Waals surface area contributed by atoms with Gasteiger partial charge in [0.15, 0.2) is 5.11 Å². The van der Waals surface area contributed by atoms with Gasteiger partial charge in [-0.2, -0.15) is 0 Å². The van der Waals surface area contributed by atoms with Crippen LogP contribution in [0.25, 0.3) is 0 Å². The van der Waals surface area contributed by atoms with E-state index in [0.29, 0.717) is 6.61 Å². The van der Waals surface area contributed by atoms with E-state index in [2.05, 4.69) is 10.6 Å². The highest BCUT2D eigenvalue weighted by atomic mass is 32.1. The molecule has 148 valence electrons. The molecule has 0 radical (unpaired) electrons. The molecule has 0 heterocycles. The molecule has 0 unspecified atom stereocenters. The van der Waals surface area contributed by atoms with Gasteiger partial charge in [-0.25, -0.2) is 0 Å². The number of carbonyl (C=O) groups excluding carboxylic acids is 1. The SMILES string of the molecule is COc1ccc(CC(=O)NC(=S)Nc2ccc(OCc3ccccc3)cc2)cc1. The third-order valence-corrected chi connectivity index (χ3v) is 4.34. The Morgan fingerprint density at radius 1 is 0.862 bits per heavy atom. The van der Waals surface area contributed by atoms with Crippen molar-refractivity contribution in [3.8, 4) is 11.5 Å². The van der Waals surface area contributed by atoms with E-state index >= 15 is 0 Å². The molecule has 3 aromatic carbocycles. The van der Waals surface area contributed by atoms with E-state index in [9.17, 15) is 4.79 Å². The van der Waals surface area contributed by atoms with Gasteiger partial charge < -0.3 is 20.1 Å². The molecule has 0 saturated heterocycles. The predicted molar refractivity (Wildman–Crippen MR) is 118 cm³/mol. The molecule has 29 heavy (non-hydrogen) atoms. The molecule has 0 bridgehead atoms. The summed E-state index contributed by atoms with van der Waals surface area (Å²) in [7, 11) is 1.60. The van der Waals surface area contributed by atoms with Gasteiger partial charge in [-0.1, -0.05) is 42.5 Å². The van der Waals surface area contributed by atoms with Crippen LogP contribution in [0.2, 0.25) is 0 Å². The van der Waals surface area contributed by atoms with Gasteiger partial charge in [-0.05, 0) is 59.7 Å². The first-order chi connectivity index (χ1) is 14.1. The average Bonchev–Trinajstić information content (AvgIpc) is 2.74. The first-order valence-corrected chi connectivity index (χ1v) is 9.54. The van der Waals surface area contributed by atoms with Gasteiger partial charge in [-0.3, -0.25) is 4.79 Å². The second-order valence-corrected chi connectivity index (χ2v) is 6.73. The molecule has 5 nitrogen and oxygen atoms in total. The van der Waals surface area contributed by atoms with Crippen LogP contribution in [0, 0.1) is 0 Å². The number of anilines is 1. The van der Waals surface area contributed by atoms with Crippen LogP contribution in [0.1, 0.15) is 11.1 Å². The van der Waals surface area contributed by atoms with Crippen LogP contribution >= 0.6 is 12.2 Å². The summed E-state index contributed by atoms with van der Waals surface area (Å²) in [5.41, 5.74) is 2.76. The molecule has 0 aliphatic heterocycles. The second kappa shape index (κ2) is 10.2. The smallest absolute Gasteiger partial charge is 0.230 e. The second-order valence-electron chi connectivity index (χ2n) is 6.33. The summed E-state index contributed by atoms with van der Waals surface area (Å²) < 4.78 is 10.9. The van der Waals surface area contributed by atoms with E-state index in [1.807, 2.05) is 78.9 Å². The Hall–Kier alpha value is -3.38. The molecule has 0 saturated carbocycles. The van der Waals surface area contributed by atoms with Gasteiger partial charge in [-0.15, -0.1) is 0 Å². The average molecular weight is 407 g/mol. The lowest BCUT2D eigenvalue weighted by Gasteiger charge is -2.11. The fourth-order valence-corrected chi connectivity index (χ4v) is 2.87. The predicted octanol–water partition coefficient (Wildman–Crippen LogP) is 4.33. The monoisotopic (exact) mass is 406 g/mol. The third kappa shape index (κ3) is 6.62. The number of ether oxygens (including phenoxy) is 2. The van der Waals surface area contributed by atoms with Crippen LogP contribution in [-0.4, -0.2) is 18.1 Å². The standard InChI is InChI=1S/C23H22N2O3S/c1-27-20-11-7-17(8-12-20)15-22(26)25-23(29)24-19-9-13-21(14-10-19)28-16-18-5-3-2-4-6-18/h2-14H,15-16H2,1H3,(H2,24,25,26,29). The van der Waals surface area contributed by atoms with E-state index in [1.54, 1.807) is 7.11 Å². The fourth-order valence-electron chi connectivity index (χ4n) is 2.64. The minimum atomic E-state index is -0.185. The molecule has 6 heteroatoms. The summed E-state index contributed by atoms with van der Waals surface area (Å²) in [4.78, 5) is 12.2.